The highest BCUT2D eigenvalue weighted by atomic mass is 15.1. The van der Waals surface area contributed by atoms with Crippen molar-refractivity contribution in [3.8, 4) is 0 Å². The molecule has 1 unspecified atom stereocenters. The van der Waals surface area contributed by atoms with Crippen LogP contribution in [0.5, 0.6) is 0 Å². The predicted octanol–water partition coefficient (Wildman–Crippen LogP) is 4.54. The van der Waals surface area contributed by atoms with Gasteiger partial charge >= 0.3 is 0 Å². The predicted molar refractivity (Wildman–Crippen MR) is 119 cm³/mol. The summed E-state index contributed by atoms with van der Waals surface area (Å²) in [4.78, 5) is 20.2. The molecule has 4 aromatic rings. The Morgan fingerprint density at radius 3 is 2.77 bits per heavy atom. The van der Waals surface area contributed by atoms with Crippen molar-refractivity contribution in [1.29, 1.82) is 0 Å². The number of rotatable bonds is 5. The Kier molecular flexibility index (Phi) is 5.31. The van der Waals surface area contributed by atoms with Crippen LogP contribution in [0.25, 0.3) is 10.9 Å². The van der Waals surface area contributed by atoms with E-state index in [0.717, 1.165) is 43.1 Å². The third-order valence-corrected chi connectivity index (χ3v) is 5.57. The third kappa shape index (κ3) is 4.28. The average molecular weight is 396 g/mol. The number of pyridine rings is 2. The van der Waals surface area contributed by atoms with Crippen LogP contribution >= 0.6 is 0 Å². The highest BCUT2D eigenvalue weighted by Crippen LogP contribution is 2.28. The Hall–Kier alpha value is -3.38. The summed E-state index contributed by atoms with van der Waals surface area (Å²) in [7, 11) is 0. The summed E-state index contributed by atoms with van der Waals surface area (Å²) in [5.74, 6) is 1.79. The second-order valence-corrected chi connectivity index (χ2v) is 7.75. The first-order valence-corrected chi connectivity index (χ1v) is 10.4. The van der Waals surface area contributed by atoms with Crippen LogP contribution in [-0.2, 0) is 6.54 Å². The second-order valence-electron chi connectivity index (χ2n) is 7.75. The van der Waals surface area contributed by atoms with E-state index < -0.39 is 0 Å². The largest absolute Gasteiger partial charge is 0.309 e. The van der Waals surface area contributed by atoms with Gasteiger partial charge < -0.3 is 5.32 Å². The Labute approximate surface area is 176 Å². The molecule has 1 atom stereocenters. The second kappa shape index (κ2) is 8.55. The molecule has 1 fully saturated rings. The standard InChI is InChI=1S/C24H24N6/c1-7-22(28-23(8-1)29-24-26-12-4-13-27-24)20-6-3-14-30(17-20)16-18-9-10-21-19(15-18)5-2-11-25-21/h1-2,4-5,7-13,15,20H,3,6,14,16-17H2,(H,26,27,28,29). The number of nitrogens with one attached hydrogen (secondary N) is 1. The van der Waals surface area contributed by atoms with E-state index in [1.165, 1.54) is 17.4 Å². The van der Waals surface area contributed by atoms with E-state index in [2.05, 4.69) is 61.6 Å². The maximum absolute atomic E-state index is 4.85. The molecule has 6 nitrogen and oxygen atoms in total. The van der Waals surface area contributed by atoms with Crippen LogP contribution in [0.4, 0.5) is 11.8 Å². The molecule has 1 aliphatic heterocycles. The van der Waals surface area contributed by atoms with Gasteiger partial charge in [-0.1, -0.05) is 18.2 Å². The van der Waals surface area contributed by atoms with Crippen LogP contribution in [0, 0.1) is 0 Å². The zero-order chi connectivity index (χ0) is 20.2. The van der Waals surface area contributed by atoms with Crippen molar-refractivity contribution in [1.82, 2.24) is 24.8 Å². The Balaban J connectivity index is 1.28. The molecular weight excluding hydrogens is 372 g/mol. The number of anilines is 2. The highest BCUT2D eigenvalue weighted by molar-refractivity contribution is 5.78. The quantitative estimate of drug-likeness (QED) is 0.534. The van der Waals surface area contributed by atoms with Gasteiger partial charge in [0.1, 0.15) is 5.82 Å². The monoisotopic (exact) mass is 396 g/mol. The minimum absolute atomic E-state index is 0.430. The number of hydrogen-bond donors (Lipinski definition) is 1. The first-order valence-electron chi connectivity index (χ1n) is 10.4. The van der Waals surface area contributed by atoms with E-state index >= 15 is 0 Å². The van der Waals surface area contributed by atoms with Crippen LogP contribution in [-0.4, -0.2) is 37.9 Å². The summed E-state index contributed by atoms with van der Waals surface area (Å²) in [5.41, 5.74) is 3.51. The molecule has 5 rings (SSSR count). The van der Waals surface area contributed by atoms with E-state index in [0.29, 0.717) is 11.9 Å². The van der Waals surface area contributed by atoms with Gasteiger partial charge in [-0.05, 0) is 61.3 Å². The molecule has 1 saturated heterocycles. The molecular formula is C24H24N6. The lowest BCUT2D eigenvalue weighted by Gasteiger charge is -2.32. The van der Waals surface area contributed by atoms with Gasteiger partial charge in [0.05, 0.1) is 5.52 Å². The summed E-state index contributed by atoms with van der Waals surface area (Å²) in [6.07, 6.45) is 7.64. The fourth-order valence-electron chi connectivity index (χ4n) is 4.15. The minimum atomic E-state index is 0.430. The lowest BCUT2D eigenvalue weighted by atomic mass is 9.94. The topological polar surface area (TPSA) is 66.8 Å². The van der Waals surface area contributed by atoms with Gasteiger partial charge in [-0.3, -0.25) is 9.88 Å². The third-order valence-electron chi connectivity index (χ3n) is 5.57. The number of aromatic nitrogens is 4. The molecule has 0 amide bonds. The average Bonchev–Trinajstić information content (AvgIpc) is 2.80. The molecule has 1 aliphatic rings. The molecule has 0 spiro atoms. The zero-order valence-electron chi connectivity index (χ0n) is 16.8. The molecule has 30 heavy (non-hydrogen) atoms. The molecule has 1 aromatic carbocycles. The lowest BCUT2D eigenvalue weighted by molar-refractivity contribution is 0.198. The molecule has 150 valence electrons. The van der Waals surface area contributed by atoms with Gasteiger partial charge in [-0.15, -0.1) is 0 Å². The number of fused-ring (bicyclic) bond motifs is 1. The van der Waals surface area contributed by atoms with Crippen LogP contribution in [0.2, 0.25) is 0 Å². The first kappa shape index (κ1) is 18.6. The molecule has 3 aromatic heterocycles. The molecule has 0 radical (unpaired) electrons. The maximum Gasteiger partial charge on any atom is 0.228 e. The molecule has 0 saturated carbocycles. The van der Waals surface area contributed by atoms with Crippen molar-refractivity contribution in [2.24, 2.45) is 0 Å². The van der Waals surface area contributed by atoms with Crippen LogP contribution < -0.4 is 5.32 Å². The Morgan fingerprint density at radius 2 is 1.83 bits per heavy atom. The van der Waals surface area contributed by atoms with E-state index in [9.17, 15) is 0 Å². The molecule has 4 heterocycles. The maximum atomic E-state index is 4.85. The van der Waals surface area contributed by atoms with Gasteiger partial charge in [0.25, 0.3) is 0 Å². The summed E-state index contributed by atoms with van der Waals surface area (Å²) >= 11 is 0. The van der Waals surface area contributed by atoms with Crippen molar-refractivity contribution in [3.63, 3.8) is 0 Å². The van der Waals surface area contributed by atoms with Crippen LogP contribution in [0.3, 0.4) is 0 Å². The van der Waals surface area contributed by atoms with E-state index in [-0.39, 0.29) is 0 Å². The number of benzene rings is 1. The number of nitrogens with zero attached hydrogens (tertiary/aromatic N) is 5. The molecule has 0 aliphatic carbocycles. The fourth-order valence-corrected chi connectivity index (χ4v) is 4.15. The molecule has 6 heteroatoms. The van der Waals surface area contributed by atoms with Gasteiger partial charge in [-0.2, -0.15) is 0 Å². The van der Waals surface area contributed by atoms with E-state index in [1.54, 1.807) is 18.5 Å². The van der Waals surface area contributed by atoms with Gasteiger partial charge in [0.2, 0.25) is 5.95 Å². The Bertz CT molecular complexity index is 1130. The highest BCUT2D eigenvalue weighted by Gasteiger charge is 2.22. The van der Waals surface area contributed by atoms with Gasteiger partial charge in [0, 0.05) is 48.7 Å². The van der Waals surface area contributed by atoms with Crippen molar-refractivity contribution in [2.75, 3.05) is 18.4 Å². The van der Waals surface area contributed by atoms with E-state index in [1.807, 2.05) is 18.3 Å². The SMILES string of the molecule is c1cnc(Nc2cccc(C3CCCN(Cc4ccc5ncccc5c4)C3)n2)nc1. The molecule has 1 N–H and O–H groups in total. The number of hydrogen-bond acceptors (Lipinski definition) is 6. The summed E-state index contributed by atoms with van der Waals surface area (Å²) < 4.78 is 0. The molecule has 0 bridgehead atoms. The normalized spacial score (nSPS) is 17.1. The lowest BCUT2D eigenvalue weighted by Crippen LogP contribution is -2.34. The minimum Gasteiger partial charge on any atom is -0.309 e. The van der Waals surface area contributed by atoms with Crippen molar-refractivity contribution >= 4 is 22.7 Å². The van der Waals surface area contributed by atoms with Crippen molar-refractivity contribution < 1.29 is 0 Å². The van der Waals surface area contributed by atoms with Crippen LogP contribution in [0.1, 0.15) is 30.0 Å². The smallest absolute Gasteiger partial charge is 0.228 e. The van der Waals surface area contributed by atoms with E-state index in [4.69, 9.17) is 4.98 Å². The fraction of sp³-hybridized carbons (Fsp3) is 0.250. The first-order chi connectivity index (χ1) is 14.8. The number of likely N-dealkylation sites (tertiary alicyclic amines) is 1. The number of piperidine rings is 1. The Morgan fingerprint density at radius 1 is 0.933 bits per heavy atom. The summed E-state index contributed by atoms with van der Waals surface area (Å²) in [6.45, 7) is 3.10. The van der Waals surface area contributed by atoms with Crippen molar-refractivity contribution in [2.45, 2.75) is 25.3 Å². The zero-order valence-corrected chi connectivity index (χ0v) is 16.8. The van der Waals surface area contributed by atoms with Gasteiger partial charge in [0.15, 0.2) is 0 Å². The van der Waals surface area contributed by atoms with Crippen molar-refractivity contribution in [3.05, 3.63) is 84.4 Å². The van der Waals surface area contributed by atoms with Gasteiger partial charge in [-0.25, -0.2) is 15.0 Å². The summed E-state index contributed by atoms with van der Waals surface area (Å²) in [5, 5.41) is 4.40. The van der Waals surface area contributed by atoms with Crippen LogP contribution in [0.15, 0.2) is 73.2 Å². The summed E-state index contributed by atoms with van der Waals surface area (Å²) in [6, 6.07) is 18.7.